The van der Waals surface area contributed by atoms with E-state index in [1.165, 1.54) is 0 Å². The van der Waals surface area contributed by atoms with E-state index in [0.29, 0.717) is 10.4 Å². The van der Waals surface area contributed by atoms with Crippen LogP contribution in [-0.4, -0.2) is 38.6 Å². The normalized spacial score (nSPS) is 12.7. The summed E-state index contributed by atoms with van der Waals surface area (Å²) in [5.41, 5.74) is 5.47. The Hall–Kier alpha value is -0.220. The summed E-state index contributed by atoms with van der Waals surface area (Å²) >= 11 is 0. The number of guanidine groups is 1. The van der Waals surface area contributed by atoms with Gasteiger partial charge in [-0.25, -0.2) is 4.99 Å². The minimum Gasteiger partial charge on any atom is -0.813 e. The van der Waals surface area contributed by atoms with E-state index < -0.39 is 0 Å². The maximum Gasteiger partial charge on any atom is 0.294 e. The van der Waals surface area contributed by atoms with Gasteiger partial charge in [-0.15, -0.1) is 0 Å². The van der Waals surface area contributed by atoms with Gasteiger partial charge >= 0.3 is 0 Å². The average Bonchev–Trinajstić information content (AvgIpc) is 1.62. The van der Waals surface area contributed by atoms with E-state index in [0.717, 1.165) is 0 Å². The molecule has 0 bridgehead atoms. The molecule has 0 aromatic rings. The molecule has 0 radical (unpaired) electrons. The molecule has 0 aliphatic rings. The lowest BCUT2D eigenvalue weighted by Gasteiger charge is -2.20. The molecule has 0 fully saturated rings. The van der Waals surface area contributed by atoms with Crippen molar-refractivity contribution in [3.8, 4) is 0 Å². The van der Waals surface area contributed by atoms with Gasteiger partial charge in [-0.3, -0.25) is 4.48 Å². The molecule has 9 heavy (non-hydrogen) atoms. The summed E-state index contributed by atoms with van der Waals surface area (Å²) in [7, 11) is 7.62. The molecule has 0 atom stereocenters. The summed E-state index contributed by atoms with van der Waals surface area (Å²) in [6.45, 7) is 0. The van der Waals surface area contributed by atoms with Gasteiger partial charge in [0.05, 0.1) is 21.1 Å². The Morgan fingerprint density at radius 2 is 1.67 bits per heavy atom. The van der Waals surface area contributed by atoms with Crippen molar-refractivity contribution in [1.82, 2.24) is 0 Å². The zero-order valence-corrected chi connectivity index (χ0v) is 7.31. The molecular weight excluding hydrogens is 134 g/mol. The van der Waals surface area contributed by atoms with E-state index >= 15 is 0 Å². The van der Waals surface area contributed by atoms with Gasteiger partial charge in [0.15, 0.2) is 0 Å². The number of nitrogens with zero attached hydrogens (tertiary/aromatic N) is 2. The van der Waals surface area contributed by atoms with Crippen molar-refractivity contribution in [2.75, 3.05) is 28.2 Å². The zero-order valence-electron chi connectivity index (χ0n) is 6.42. The molecule has 0 amide bonds. The third kappa shape index (κ3) is 4.29. The number of hydrogen-bond acceptors (Lipinski definition) is 2. The highest BCUT2D eigenvalue weighted by molar-refractivity contribution is 7.37. The van der Waals surface area contributed by atoms with Crippen molar-refractivity contribution in [3.05, 3.63) is 0 Å². The van der Waals surface area contributed by atoms with E-state index in [1.807, 2.05) is 21.1 Å². The van der Waals surface area contributed by atoms with Crippen LogP contribution in [0.4, 0.5) is 0 Å². The highest BCUT2D eigenvalue weighted by Gasteiger charge is 2.10. The third-order valence-electron chi connectivity index (χ3n) is 0.916. The topological polar surface area (TPSA) is 38.4 Å². The molecule has 0 aromatic heterocycles. The smallest absolute Gasteiger partial charge is 0.294 e. The average molecular weight is 149 g/mol. The van der Waals surface area contributed by atoms with E-state index in [4.69, 9.17) is 5.73 Å². The van der Waals surface area contributed by atoms with Crippen LogP contribution in [0.5, 0.6) is 0 Å². The number of thiol groups is 1. The number of aliphatic imine (C=N–C) groups is 1. The molecule has 56 valence electrons. The van der Waals surface area contributed by atoms with E-state index in [9.17, 15) is 0 Å². The fraction of sp³-hybridized carbons (Fsp3) is 0.800. The molecule has 0 heterocycles. The van der Waals surface area contributed by atoms with E-state index in [1.54, 1.807) is 7.05 Å². The second-order valence-corrected chi connectivity index (χ2v) is 2.59. The molecular formula is C5H15N3S. The lowest BCUT2D eigenvalue weighted by atomic mass is 10.7. The van der Waals surface area contributed by atoms with Crippen LogP contribution >= 0.6 is 0 Å². The van der Waals surface area contributed by atoms with Gasteiger partial charge in [0.1, 0.15) is 0 Å². The Labute approximate surface area is 63.6 Å². The molecule has 0 aliphatic heterocycles. The lowest BCUT2D eigenvalue weighted by Crippen LogP contribution is -2.46. The molecule has 3 nitrogen and oxygen atoms in total. The molecule has 0 aromatic carbocycles. The van der Waals surface area contributed by atoms with Crippen LogP contribution in [0.2, 0.25) is 0 Å². The van der Waals surface area contributed by atoms with Crippen LogP contribution in [0.3, 0.4) is 0 Å². The third-order valence-corrected chi connectivity index (χ3v) is 0.916. The first-order chi connectivity index (χ1) is 3.48. The first-order valence-electron chi connectivity index (χ1n) is 2.52. The first-order valence-corrected chi connectivity index (χ1v) is 2.52. The predicted molar refractivity (Wildman–Crippen MR) is 44.3 cm³/mol. The van der Waals surface area contributed by atoms with Crippen molar-refractivity contribution in [2.45, 2.75) is 0 Å². The molecule has 0 unspecified atom stereocenters. The van der Waals surface area contributed by atoms with Gasteiger partial charge in [-0.05, 0) is 0 Å². The molecule has 0 saturated carbocycles. The second-order valence-electron chi connectivity index (χ2n) is 2.59. The Morgan fingerprint density at radius 1 is 1.33 bits per heavy atom. The molecule has 0 rings (SSSR count). The van der Waals surface area contributed by atoms with Gasteiger partial charge in [-0.2, -0.15) is 0 Å². The summed E-state index contributed by atoms with van der Waals surface area (Å²) < 4.78 is 0.608. The zero-order chi connectivity index (χ0) is 6.78. The second kappa shape index (κ2) is 3.74. The van der Waals surface area contributed by atoms with Gasteiger partial charge in [0.25, 0.3) is 5.96 Å². The first kappa shape index (κ1) is 11.6. The number of nitrogens with two attached hydrogens (primary N) is 1. The number of quaternary nitrogens is 1. The highest BCUT2D eigenvalue weighted by Crippen LogP contribution is 1.86. The maximum atomic E-state index is 5.47. The van der Waals surface area contributed by atoms with Gasteiger partial charge in [0.2, 0.25) is 0 Å². The van der Waals surface area contributed by atoms with Gasteiger partial charge in [-0.1, -0.05) is 0 Å². The van der Waals surface area contributed by atoms with Crippen molar-refractivity contribution in [1.29, 1.82) is 0 Å². The Kier molecular flexibility index (Phi) is 4.80. The van der Waals surface area contributed by atoms with Crippen LogP contribution < -0.4 is 5.73 Å². The summed E-state index contributed by atoms with van der Waals surface area (Å²) in [6, 6.07) is 0. The van der Waals surface area contributed by atoms with Crippen LogP contribution in [0, 0.1) is 0 Å². The summed E-state index contributed by atoms with van der Waals surface area (Å²) in [4.78, 5) is 3.83. The predicted octanol–water partition coefficient (Wildman–Crippen LogP) is -0.633. The largest absolute Gasteiger partial charge is 0.813 e. The van der Waals surface area contributed by atoms with Crippen LogP contribution in [-0.2, 0) is 13.5 Å². The monoisotopic (exact) mass is 149 g/mol. The number of hydrogen-bond donors (Lipinski definition) is 1. The van der Waals surface area contributed by atoms with Crippen molar-refractivity contribution < 1.29 is 4.48 Å². The molecule has 0 saturated heterocycles. The van der Waals surface area contributed by atoms with Crippen molar-refractivity contribution in [3.63, 3.8) is 0 Å². The highest BCUT2D eigenvalue weighted by atomic mass is 32.1. The van der Waals surface area contributed by atoms with Crippen LogP contribution in [0.25, 0.3) is 0 Å². The Balaban J connectivity index is 0. The molecule has 2 N–H and O–H groups in total. The quantitative estimate of drug-likeness (QED) is 0.164. The summed E-state index contributed by atoms with van der Waals surface area (Å²) in [5.74, 6) is 0.644. The molecule has 4 heteroatoms. The van der Waals surface area contributed by atoms with Crippen molar-refractivity contribution in [2.24, 2.45) is 10.7 Å². The van der Waals surface area contributed by atoms with Crippen LogP contribution in [0.15, 0.2) is 4.99 Å². The van der Waals surface area contributed by atoms with Crippen LogP contribution in [0.1, 0.15) is 0 Å². The minimum atomic E-state index is 0. The fourth-order valence-corrected chi connectivity index (χ4v) is 0.300. The Bertz CT molecular complexity index is 103. The van der Waals surface area contributed by atoms with E-state index in [2.05, 4.69) is 4.99 Å². The lowest BCUT2D eigenvalue weighted by molar-refractivity contribution is -0.778. The fourth-order valence-electron chi connectivity index (χ4n) is 0.300. The van der Waals surface area contributed by atoms with Gasteiger partial charge < -0.3 is 19.2 Å². The summed E-state index contributed by atoms with van der Waals surface area (Å²) in [6.07, 6.45) is 0. The minimum absolute atomic E-state index is 0. The Morgan fingerprint density at radius 3 is 1.67 bits per heavy atom. The molecule has 0 spiro atoms. The van der Waals surface area contributed by atoms with Crippen molar-refractivity contribution >= 4 is 19.5 Å². The standard InChI is InChI=1S/C5H14N3.H2S/c1-7-5(6)8(2,3)4;/h1-4H3,(H2,6,7);1H2/q+1;/p-1. The summed E-state index contributed by atoms with van der Waals surface area (Å²) in [5, 5.41) is 0. The SMILES string of the molecule is CN=C(N)[N+](C)(C)C.[SH-]. The maximum absolute atomic E-state index is 5.47. The van der Waals surface area contributed by atoms with Gasteiger partial charge in [0, 0.05) is 7.05 Å². The van der Waals surface area contributed by atoms with E-state index in [-0.39, 0.29) is 13.5 Å². The molecule has 0 aliphatic carbocycles. The number of rotatable bonds is 0.